The number of aromatic amines is 1. The monoisotopic (exact) mass is 210 g/mol. The van der Waals surface area contributed by atoms with Crippen LogP contribution in [0.3, 0.4) is 0 Å². The van der Waals surface area contributed by atoms with Crippen LogP contribution in [-0.2, 0) is 0 Å². The van der Waals surface area contributed by atoms with Crippen LogP contribution in [0.5, 0.6) is 0 Å². The van der Waals surface area contributed by atoms with Crippen LogP contribution in [0.15, 0.2) is 17.2 Å². The molecule has 0 aliphatic rings. The summed E-state index contributed by atoms with van der Waals surface area (Å²) in [5, 5.41) is 3.03. The number of nitrogens with two attached hydrogens (primary N) is 1. The molecule has 1 heterocycles. The third-order valence-corrected chi connectivity index (χ3v) is 2.26. The number of anilines is 1. The zero-order valence-corrected chi connectivity index (χ0v) is 9.21. The normalized spacial score (nSPS) is 11.4. The number of nitrogens with zero attached hydrogens (tertiary/aromatic N) is 1. The van der Waals surface area contributed by atoms with Crippen molar-refractivity contribution in [3.8, 4) is 0 Å². The van der Waals surface area contributed by atoms with Crippen LogP contribution in [0.2, 0.25) is 0 Å². The van der Waals surface area contributed by atoms with Gasteiger partial charge in [0.05, 0.1) is 0 Å². The fourth-order valence-electron chi connectivity index (χ4n) is 1.28. The lowest BCUT2D eigenvalue weighted by atomic mass is 9.89. The van der Waals surface area contributed by atoms with Crippen LogP contribution in [-0.4, -0.2) is 23.1 Å². The first kappa shape index (κ1) is 11.7. The zero-order valence-electron chi connectivity index (χ0n) is 9.21. The van der Waals surface area contributed by atoms with E-state index in [1.807, 2.05) is 0 Å². The van der Waals surface area contributed by atoms with Crippen molar-refractivity contribution in [3.05, 3.63) is 22.7 Å². The lowest BCUT2D eigenvalue weighted by Crippen LogP contribution is -2.28. The molecule has 1 aromatic heterocycles. The average molecular weight is 210 g/mol. The van der Waals surface area contributed by atoms with Crippen molar-refractivity contribution in [2.45, 2.75) is 20.3 Å². The van der Waals surface area contributed by atoms with Gasteiger partial charge in [-0.3, -0.25) is 4.79 Å². The van der Waals surface area contributed by atoms with Crippen molar-refractivity contribution in [3.63, 3.8) is 0 Å². The highest BCUT2D eigenvalue weighted by Crippen LogP contribution is 2.18. The van der Waals surface area contributed by atoms with Crippen LogP contribution >= 0.6 is 0 Å². The van der Waals surface area contributed by atoms with E-state index >= 15 is 0 Å². The Balaban J connectivity index is 2.57. The smallest absolute Gasteiger partial charge is 0.290 e. The van der Waals surface area contributed by atoms with Gasteiger partial charge in [0, 0.05) is 18.9 Å². The van der Waals surface area contributed by atoms with Gasteiger partial charge in [-0.1, -0.05) is 13.8 Å². The summed E-state index contributed by atoms with van der Waals surface area (Å²) < 4.78 is 0. The van der Waals surface area contributed by atoms with Crippen molar-refractivity contribution in [1.82, 2.24) is 9.97 Å². The standard InChI is InChI=1S/C10H18N4O/c1-10(2,3-4-11)7-14-8-9(15)13-6-5-12-8/h5-6H,3-4,7,11H2,1-2H3,(H,12,14)(H,13,15). The molecule has 0 spiro atoms. The average Bonchev–Trinajstić information content (AvgIpc) is 2.16. The van der Waals surface area contributed by atoms with E-state index in [1.165, 1.54) is 6.20 Å². The molecule has 0 radical (unpaired) electrons. The summed E-state index contributed by atoms with van der Waals surface area (Å²) in [5.41, 5.74) is 5.38. The summed E-state index contributed by atoms with van der Waals surface area (Å²) in [6.45, 7) is 5.53. The highest BCUT2D eigenvalue weighted by Gasteiger charge is 2.16. The molecule has 0 amide bonds. The van der Waals surface area contributed by atoms with Crippen molar-refractivity contribution in [1.29, 1.82) is 0 Å². The number of nitrogens with one attached hydrogen (secondary N) is 2. The second kappa shape index (κ2) is 4.93. The fraction of sp³-hybridized carbons (Fsp3) is 0.600. The Hall–Kier alpha value is -1.36. The molecule has 0 bridgehead atoms. The Kier molecular flexibility index (Phi) is 3.85. The molecular formula is C10H18N4O. The van der Waals surface area contributed by atoms with Gasteiger partial charge in [-0.15, -0.1) is 0 Å². The van der Waals surface area contributed by atoms with E-state index < -0.39 is 0 Å². The molecule has 0 atom stereocenters. The molecule has 4 N–H and O–H groups in total. The van der Waals surface area contributed by atoms with Gasteiger partial charge in [0.25, 0.3) is 5.56 Å². The summed E-state index contributed by atoms with van der Waals surface area (Å²) >= 11 is 0. The van der Waals surface area contributed by atoms with Gasteiger partial charge in [0.1, 0.15) is 0 Å². The van der Waals surface area contributed by atoms with Crippen LogP contribution in [0, 0.1) is 5.41 Å². The maximum atomic E-state index is 11.3. The summed E-state index contributed by atoms with van der Waals surface area (Å²) in [6.07, 6.45) is 3.98. The van der Waals surface area contributed by atoms with Gasteiger partial charge in [-0.2, -0.15) is 0 Å². The Morgan fingerprint density at radius 1 is 1.60 bits per heavy atom. The molecule has 0 fully saturated rings. The lowest BCUT2D eigenvalue weighted by Gasteiger charge is -2.24. The highest BCUT2D eigenvalue weighted by atomic mass is 16.1. The molecule has 1 rings (SSSR count). The molecule has 0 aliphatic heterocycles. The largest absolute Gasteiger partial charge is 0.365 e. The molecule has 5 heteroatoms. The van der Waals surface area contributed by atoms with E-state index in [-0.39, 0.29) is 11.0 Å². The number of rotatable bonds is 5. The minimum atomic E-state index is -0.193. The van der Waals surface area contributed by atoms with Gasteiger partial charge < -0.3 is 16.0 Å². The number of hydrogen-bond acceptors (Lipinski definition) is 4. The van der Waals surface area contributed by atoms with E-state index in [0.717, 1.165) is 6.42 Å². The fourth-order valence-corrected chi connectivity index (χ4v) is 1.28. The van der Waals surface area contributed by atoms with Crippen molar-refractivity contribution < 1.29 is 0 Å². The molecule has 0 saturated heterocycles. The summed E-state index contributed by atoms with van der Waals surface area (Å²) in [7, 11) is 0. The number of hydrogen-bond donors (Lipinski definition) is 3. The van der Waals surface area contributed by atoms with Crippen LogP contribution < -0.4 is 16.6 Å². The molecular weight excluding hydrogens is 192 g/mol. The van der Waals surface area contributed by atoms with Gasteiger partial charge in [0.15, 0.2) is 5.82 Å². The predicted molar refractivity (Wildman–Crippen MR) is 60.8 cm³/mol. The molecule has 0 aliphatic carbocycles. The van der Waals surface area contributed by atoms with Crippen LogP contribution in [0.4, 0.5) is 5.82 Å². The molecule has 5 nitrogen and oxygen atoms in total. The Morgan fingerprint density at radius 2 is 2.33 bits per heavy atom. The number of H-pyrrole nitrogens is 1. The zero-order chi connectivity index (χ0) is 11.3. The SMILES string of the molecule is CC(C)(CCN)CNc1ncc[nH]c1=O. The highest BCUT2D eigenvalue weighted by molar-refractivity contribution is 5.30. The van der Waals surface area contributed by atoms with E-state index in [4.69, 9.17) is 5.73 Å². The minimum absolute atomic E-state index is 0.0682. The molecule has 1 aromatic rings. The molecule has 0 saturated carbocycles. The van der Waals surface area contributed by atoms with Crippen molar-refractivity contribution >= 4 is 5.82 Å². The third-order valence-electron chi connectivity index (χ3n) is 2.26. The van der Waals surface area contributed by atoms with Gasteiger partial charge in [-0.25, -0.2) is 4.98 Å². The maximum absolute atomic E-state index is 11.3. The Morgan fingerprint density at radius 3 is 2.93 bits per heavy atom. The maximum Gasteiger partial charge on any atom is 0.290 e. The van der Waals surface area contributed by atoms with E-state index in [9.17, 15) is 4.79 Å². The van der Waals surface area contributed by atoms with Crippen LogP contribution in [0.1, 0.15) is 20.3 Å². The summed E-state index contributed by atoms with van der Waals surface area (Å²) in [5.74, 6) is 0.364. The first-order valence-corrected chi connectivity index (χ1v) is 5.03. The van der Waals surface area contributed by atoms with Crippen molar-refractivity contribution in [2.75, 3.05) is 18.4 Å². The number of aromatic nitrogens is 2. The predicted octanol–water partition coefficient (Wildman–Crippen LogP) is 0.557. The van der Waals surface area contributed by atoms with Gasteiger partial charge in [-0.05, 0) is 18.4 Å². The molecule has 0 unspecified atom stereocenters. The van der Waals surface area contributed by atoms with E-state index in [1.54, 1.807) is 6.20 Å². The van der Waals surface area contributed by atoms with E-state index in [0.29, 0.717) is 18.9 Å². The van der Waals surface area contributed by atoms with E-state index in [2.05, 4.69) is 29.1 Å². The quantitative estimate of drug-likeness (QED) is 0.663. The first-order chi connectivity index (χ1) is 7.05. The third kappa shape index (κ3) is 3.71. The topological polar surface area (TPSA) is 83.8 Å². The molecule has 0 aromatic carbocycles. The Bertz CT molecular complexity index is 358. The minimum Gasteiger partial charge on any atom is -0.365 e. The summed E-state index contributed by atoms with van der Waals surface area (Å²) in [4.78, 5) is 17.8. The Labute approximate surface area is 89.1 Å². The molecule has 15 heavy (non-hydrogen) atoms. The lowest BCUT2D eigenvalue weighted by molar-refractivity contribution is 0.365. The van der Waals surface area contributed by atoms with Crippen LogP contribution in [0.25, 0.3) is 0 Å². The second-order valence-corrected chi connectivity index (χ2v) is 4.32. The van der Waals surface area contributed by atoms with Gasteiger partial charge in [0.2, 0.25) is 0 Å². The summed E-state index contributed by atoms with van der Waals surface area (Å²) in [6, 6.07) is 0. The second-order valence-electron chi connectivity index (χ2n) is 4.32. The molecule has 84 valence electrons. The van der Waals surface area contributed by atoms with Crippen molar-refractivity contribution in [2.24, 2.45) is 11.1 Å². The first-order valence-electron chi connectivity index (χ1n) is 5.03. The van der Waals surface area contributed by atoms with Gasteiger partial charge >= 0.3 is 0 Å².